The first-order valence-corrected chi connectivity index (χ1v) is 7.35. The van der Waals surface area contributed by atoms with E-state index >= 15 is 0 Å². The van der Waals surface area contributed by atoms with Gasteiger partial charge in [0.25, 0.3) is 0 Å². The first kappa shape index (κ1) is 12.7. The van der Waals surface area contributed by atoms with Gasteiger partial charge in [0.05, 0.1) is 10.4 Å². The third-order valence-electron chi connectivity index (χ3n) is 3.41. The predicted octanol–water partition coefficient (Wildman–Crippen LogP) is 4.91. The van der Waals surface area contributed by atoms with Crippen LogP contribution in [0.25, 0.3) is 10.8 Å². The maximum Gasteiger partial charge on any atom is 0.0931 e. The van der Waals surface area contributed by atoms with Gasteiger partial charge >= 0.3 is 0 Å². The summed E-state index contributed by atoms with van der Waals surface area (Å²) in [5, 5.41) is 2.48. The maximum absolute atomic E-state index is 6.40. The molecule has 3 aromatic rings. The molecular formula is C16H14ClNS. The largest absolute Gasteiger partial charge is 0.320 e. The van der Waals surface area contributed by atoms with E-state index in [-0.39, 0.29) is 6.04 Å². The van der Waals surface area contributed by atoms with E-state index < -0.39 is 0 Å². The second-order valence-electron chi connectivity index (χ2n) is 4.64. The van der Waals surface area contributed by atoms with Crippen molar-refractivity contribution < 1.29 is 0 Å². The lowest BCUT2D eigenvalue weighted by Crippen LogP contribution is -2.10. The summed E-state index contributed by atoms with van der Waals surface area (Å²) in [7, 11) is 0. The number of aryl methyl sites for hydroxylation is 1. The smallest absolute Gasteiger partial charge is 0.0931 e. The number of thiophene rings is 1. The van der Waals surface area contributed by atoms with Gasteiger partial charge in [-0.2, -0.15) is 0 Å². The number of halogens is 1. The Kier molecular flexibility index (Phi) is 3.31. The van der Waals surface area contributed by atoms with Gasteiger partial charge in [-0.05, 0) is 41.0 Å². The molecule has 0 spiro atoms. The molecule has 1 aromatic heterocycles. The average molecular weight is 288 g/mol. The Balaban J connectivity index is 2.18. The van der Waals surface area contributed by atoms with Crippen LogP contribution < -0.4 is 5.73 Å². The SMILES string of the molecule is Cc1ccc(C(N)c2ccc(Cl)s2)c2ccccc12. The summed E-state index contributed by atoms with van der Waals surface area (Å²) in [6, 6.07) is 16.4. The van der Waals surface area contributed by atoms with Crippen LogP contribution in [-0.2, 0) is 0 Å². The van der Waals surface area contributed by atoms with Crippen molar-refractivity contribution in [2.45, 2.75) is 13.0 Å². The molecule has 0 bridgehead atoms. The van der Waals surface area contributed by atoms with Gasteiger partial charge in [-0.3, -0.25) is 0 Å². The molecule has 0 aliphatic carbocycles. The van der Waals surface area contributed by atoms with Crippen molar-refractivity contribution in [3.63, 3.8) is 0 Å². The Hall–Kier alpha value is -1.35. The average Bonchev–Trinajstić information content (AvgIpc) is 2.86. The topological polar surface area (TPSA) is 26.0 Å². The van der Waals surface area contributed by atoms with E-state index in [0.717, 1.165) is 14.8 Å². The fourth-order valence-corrected chi connectivity index (χ4v) is 3.47. The fourth-order valence-electron chi connectivity index (χ4n) is 2.39. The number of hydrogen-bond donors (Lipinski definition) is 1. The van der Waals surface area contributed by atoms with Gasteiger partial charge in [0.1, 0.15) is 0 Å². The van der Waals surface area contributed by atoms with Crippen molar-refractivity contribution in [2.24, 2.45) is 5.73 Å². The minimum Gasteiger partial charge on any atom is -0.320 e. The van der Waals surface area contributed by atoms with Gasteiger partial charge in [-0.1, -0.05) is 48.0 Å². The minimum absolute atomic E-state index is 0.122. The second-order valence-corrected chi connectivity index (χ2v) is 6.38. The van der Waals surface area contributed by atoms with Crippen molar-refractivity contribution in [3.05, 3.63) is 68.9 Å². The van der Waals surface area contributed by atoms with Gasteiger partial charge < -0.3 is 5.73 Å². The van der Waals surface area contributed by atoms with Gasteiger partial charge in [0, 0.05) is 4.88 Å². The standard InChI is InChI=1S/C16H14ClNS/c1-10-6-7-13(12-5-3-2-4-11(10)12)16(18)14-8-9-15(17)19-14/h2-9,16H,18H2,1H3. The predicted molar refractivity (Wildman–Crippen MR) is 84.0 cm³/mol. The molecule has 0 fully saturated rings. The summed E-state index contributed by atoms with van der Waals surface area (Å²) in [6.45, 7) is 2.12. The first-order chi connectivity index (χ1) is 9.16. The van der Waals surface area contributed by atoms with Gasteiger partial charge in [0.15, 0.2) is 0 Å². The van der Waals surface area contributed by atoms with Gasteiger partial charge in [-0.25, -0.2) is 0 Å². The molecule has 19 heavy (non-hydrogen) atoms. The Morgan fingerprint density at radius 2 is 1.74 bits per heavy atom. The van der Waals surface area contributed by atoms with Crippen LogP contribution in [0.15, 0.2) is 48.5 Å². The molecule has 1 nitrogen and oxygen atoms in total. The summed E-state index contributed by atoms with van der Waals surface area (Å²) in [4.78, 5) is 1.10. The molecule has 2 aromatic carbocycles. The quantitative estimate of drug-likeness (QED) is 0.712. The lowest BCUT2D eigenvalue weighted by Gasteiger charge is -2.14. The molecule has 0 radical (unpaired) electrons. The highest BCUT2D eigenvalue weighted by Crippen LogP contribution is 2.33. The second kappa shape index (κ2) is 4.97. The number of benzene rings is 2. The molecule has 2 N–H and O–H groups in total. The molecule has 0 saturated carbocycles. The van der Waals surface area contributed by atoms with Crippen LogP contribution >= 0.6 is 22.9 Å². The van der Waals surface area contributed by atoms with Crippen LogP contribution in [-0.4, -0.2) is 0 Å². The van der Waals surface area contributed by atoms with E-state index in [9.17, 15) is 0 Å². The van der Waals surface area contributed by atoms with Gasteiger partial charge in [0.2, 0.25) is 0 Å². The monoisotopic (exact) mass is 287 g/mol. The van der Waals surface area contributed by atoms with Crippen LogP contribution in [0.2, 0.25) is 4.34 Å². The van der Waals surface area contributed by atoms with Crippen molar-refractivity contribution >= 4 is 33.7 Å². The highest BCUT2D eigenvalue weighted by atomic mass is 35.5. The molecule has 0 aliphatic heterocycles. The molecular weight excluding hydrogens is 274 g/mol. The van der Waals surface area contributed by atoms with E-state index in [1.165, 1.54) is 16.3 Å². The molecule has 0 saturated heterocycles. The van der Waals surface area contributed by atoms with Gasteiger partial charge in [-0.15, -0.1) is 11.3 Å². The molecule has 3 heteroatoms. The summed E-state index contributed by atoms with van der Waals surface area (Å²) in [5.74, 6) is 0. The summed E-state index contributed by atoms with van der Waals surface area (Å²) < 4.78 is 0.780. The highest BCUT2D eigenvalue weighted by Gasteiger charge is 2.14. The van der Waals surface area contributed by atoms with Crippen LogP contribution in [0.3, 0.4) is 0 Å². The lowest BCUT2D eigenvalue weighted by atomic mass is 9.95. The summed E-state index contributed by atoms with van der Waals surface area (Å²) >= 11 is 7.54. The Morgan fingerprint density at radius 1 is 1.00 bits per heavy atom. The van der Waals surface area contributed by atoms with Crippen LogP contribution in [0.5, 0.6) is 0 Å². The van der Waals surface area contributed by atoms with E-state index in [0.29, 0.717) is 0 Å². The van der Waals surface area contributed by atoms with Crippen molar-refractivity contribution in [2.75, 3.05) is 0 Å². The normalized spacial score (nSPS) is 12.8. The summed E-state index contributed by atoms with van der Waals surface area (Å²) in [5.41, 5.74) is 8.82. The summed E-state index contributed by atoms with van der Waals surface area (Å²) in [6.07, 6.45) is 0. The van der Waals surface area contributed by atoms with Crippen LogP contribution in [0.1, 0.15) is 22.0 Å². The highest BCUT2D eigenvalue weighted by molar-refractivity contribution is 7.16. The van der Waals surface area contributed by atoms with Crippen molar-refractivity contribution in [1.82, 2.24) is 0 Å². The maximum atomic E-state index is 6.40. The zero-order valence-electron chi connectivity index (χ0n) is 10.6. The van der Waals surface area contributed by atoms with Crippen molar-refractivity contribution in [1.29, 1.82) is 0 Å². The molecule has 1 atom stereocenters. The van der Waals surface area contributed by atoms with Crippen molar-refractivity contribution in [3.8, 4) is 0 Å². The van der Waals surface area contributed by atoms with E-state index in [2.05, 4.69) is 43.3 Å². The van der Waals surface area contributed by atoms with E-state index in [1.807, 2.05) is 12.1 Å². The number of rotatable bonds is 2. The molecule has 3 rings (SSSR count). The molecule has 0 aliphatic rings. The zero-order valence-corrected chi connectivity index (χ0v) is 12.1. The Labute approximate surface area is 121 Å². The molecule has 1 unspecified atom stereocenters. The lowest BCUT2D eigenvalue weighted by molar-refractivity contribution is 0.903. The first-order valence-electron chi connectivity index (χ1n) is 6.16. The number of hydrogen-bond acceptors (Lipinski definition) is 2. The molecule has 1 heterocycles. The number of nitrogens with two attached hydrogens (primary N) is 1. The minimum atomic E-state index is -0.122. The van der Waals surface area contributed by atoms with E-state index in [1.54, 1.807) is 11.3 Å². The Morgan fingerprint density at radius 3 is 2.42 bits per heavy atom. The van der Waals surface area contributed by atoms with E-state index in [4.69, 9.17) is 17.3 Å². The molecule has 0 amide bonds. The zero-order chi connectivity index (χ0) is 13.4. The molecule has 96 valence electrons. The van der Waals surface area contributed by atoms with Crippen LogP contribution in [0, 0.1) is 6.92 Å². The number of fused-ring (bicyclic) bond motifs is 1. The Bertz CT molecular complexity index is 732. The van der Waals surface area contributed by atoms with Crippen LogP contribution in [0.4, 0.5) is 0 Å². The third kappa shape index (κ3) is 2.27. The third-order valence-corrected chi connectivity index (χ3v) is 4.73. The fraction of sp³-hybridized carbons (Fsp3) is 0.125.